The largest absolute Gasteiger partial charge is 0.288 e. The van der Waals surface area contributed by atoms with E-state index in [2.05, 4.69) is 6.92 Å². The van der Waals surface area contributed by atoms with Crippen LogP contribution in [0.3, 0.4) is 0 Å². The van der Waals surface area contributed by atoms with Crippen LogP contribution < -0.4 is 0 Å². The molecule has 0 aliphatic rings. The van der Waals surface area contributed by atoms with E-state index in [-0.39, 0.29) is 16.1 Å². The highest BCUT2D eigenvalue weighted by molar-refractivity contribution is 6.37. The Morgan fingerprint density at radius 1 is 1.19 bits per heavy atom. The highest BCUT2D eigenvalue weighted by atomic mass is 35.5. The number of hydrogen-bond acceptors (Lipinski definition) is 1. The van der Waals surface area contributed by atoms with E-state index in [4.69, 9.17) is 23.2 Å². The summed E-state index contributed by atoms with van der Waals surface area (Å²) >= 11 is 11.9. The van der Waals surface area contributed by atoms with Crippen LogP contribution in [0, 0.1) is 5.82 Å². The second-order valence-corrected chi connectivity index (χ2v) is 5.67. The molecule has 0 spiro atoms. The van der Waals surface area contributed by atoms with E-state index in [1.165, 1.54) is 18.2 Å². The fourth-order valence-corrected chi connectivity index (χ4v) is 2.70. The second-order valence-electron chi connectivity index (χ2n) is 4.83. The number of carbonyl (C=O) groups is 1. The first-order chi connectivity index (χ1) is 10.0. The average molecular weight is 325 g/mol. The van der Waals surface area contributed by atoms with E-state index < -0.39 is 11.6 Å². The summed E-state index contributed by atoms with van der Waals surface area (Å²) in [6, 6.07) is 9.31. The molecule has 0 saturated heterocycles. The molecule has 0 heterocycles. The summed E-state index contributed by atoms with van der Waals surface area (Å²) < 4.78 is 14.1. The van der Waals surface area contributed by atoms with Gasteiger partial charge in [-0.3, -0.25) is 4.79 Å². The summed E-state index contributed by atoms with van der Waals surface area (Å²) in [5.41, 5.74) is 1.09. The van der Waals surface area contributed by atoms with Crippen LogP contribution in [0.25, 0.3) is 0 Å². The molecule has 0 aliphatic heterocycles. The highest BCUT2D eigenvalue weighted by Gasteiger charge is 2.20. The third-order valence-corrected chi connectivity index (χ3v) is 3.85. The Labute approximate surface area is 133 Å². The second kappa shape index (κ2) is 7.06. The fourth-order valence-electron chi connectivity index (χ4n) is 2.21. The molecule has 0 bridgehead atoms. The van der Waals surface area contributed by atoms with Gasteiger partial charge in [0.05, 0.1) is 10.6 Å². The maximum atomic E-state index is 14.1. The van der Waals surface area contributed by atoms with Crippen LogP contribution in [0.1, 0.15) is 41.3 Å². The summed E-state index contributed by atoms with van der Waals surface area (Å²) in [5.74, 6) is -0.916. The molecule has 0 fully saturated rings. The van der Waals surface area contributed by atoms with Crippen LogP contribution in [0.15, 0.2) is 36.4 Å². The van der Waals surface area contributed by atoms with Crippen LogP contribution in [0.5, 0.6) is 0 Å². The van der Waals surface area contributed by atoms with Crippen LogP contribution >= 0.6 is 23.2 Å². The summed E-state index contributed by atoms with van der Waals surface area (Å²) in [4.78, 5) is 12.6. The molecule has 0 amide bonds. The summed E-state index contributed by atoms with van der Waals surface area (Å²) in [7, 11) is 0. The van der Waals surface area contributed by atoms with Gasteiger partial charge in [-0.1, -0.05) is 48.7 Å². The molecular formula is C17H15Cl2FO. The van der Waals surface area contributed by atoms with Gasteiger partial charge in [-0.15, -0.1) is 0 Å². The Hall–Kier alpha value is -1.38. The Bertz CT molecular complexity index is 668. The minimum Gasteiger partial charge on any atom is -0.288 e. The van der Waals surface area contributed by atoms with Crippen molar-refractivity contribution in [3.8, 4) is 0 Å². The molecule has 0 aromatic heterocycles. The number of rotatable bonds is 5. The summed E-state index contributed by atoms with van der Waals surface area (Å²) in [6.45, 7) is 2.05. The number of benzene rings is 2. The average Bonchev–Trinajstić information content (AvgIpc) is 2.44. The number of unbranched alkanes of at least 4 members (excludes halogenated alkanes) is 1. The third kappa shape index (κ3) is 3.63. The lowest BCUT2D eigenvalue weighted by molar-refractivity contribution is 0.103. The molecule has 110 valence electrons. The monoisotopic (exact) mass is 324 g/mol. The standard InChI is InChI=1S/C17H15Cl2FO/c1-2-3-5-11-6-4-7-15(20)16(11)17(21)13-9-8-12(18)10-14(13)19/h4,6-10H,2-3,5H2,1H3. The number of aryl methyl sites for hydroxylation is 1. The van der Waals surface area contributed by atoms with E-state index >= 15 is 0 Å². The summed E-state index contributed by atoms with van der Waals surface area (Å²) in [6.07, 6.45) is 2.55. The van der Waals surface area contributed by atoms with Crippen LogP contribution in [0.4, 0.5) is 4.39 Å². The Morgan fingerprint density at radius 3 is 2.62 bits per heavy atom. The molecule has 1 nitrogen and oxygen atoms in total. The first kappa shape index (κ1) is 16.0. The van der Waals surface area contributed by atoms with Gasteiger partial charge in [0.1, 0.15) is 5.82 Å². The molecule has 0 atom stereocenters. The quantitative estimate of drug-likeness (QED) is 0.644. The van der Waals surface area contributed by atoms with Crippen molar-refractivity contribution < 1.29 is 9.18 Å². The normalized spacial score (nSPS) is 10.7. The van der Waals surface area contributed by atoms with Crippen molar-refractivity contribution in [3.05, 3.63) is 69.0 Å². The van der Waals surface area contributed by atoms with E-state index in [9.17, 15) is 9.18 Å². The van der Waals surface area contributed by atoms with Gasteiger partial charge in [0.15, 0.2) is 5.78 Å². The van der Waals surface area contributed by atoms with Gasteiger partial charge >= 0.3 is 0 Å². The molecule has 2 aromatic carbocycles. The number of carbonyl (C=O) groups excluding carboxylic acids is 1. The number of hydrogen-bond donors (Lipinski definition) is 0. The van der Waals surface area contributed by atoms with E-state index in [0.717, 1.165) is 12.8 Å². The molecule has 4 heteroatoms. The molecular weight excluding hydrogens is 310 g/mol. The number of halogens is 3. The van der Waals surface area contributed by atoms with Gasteiger partial charge in [0.25, 0.3) is 0 Å². The topological polar surface area (TPSA) is 17.1 Å². The third-order valence-electron chi connectivity index (χ3n) is 3.30. The van der Waals surface area contributed by atoms with Crippen LogP contribution in [-0.2, 0) is 6.42 Å². The zero-order chi connectivity index (χ0) is 15.4. The van der Waals surface area contributed by atoms with Gasteiger partial charge < -0.3 is 0 Å². The van der Waals surface area contributed by atoms with E-state index in [1.54, 1.807) is 18.2 Å². The van der Waals surface area contributed by atoms with Crippen molar-refractivity contribution in [1.29, 1.82) is 0 Å². The van der Waals surface area contributed by atoms with Crippen molar-refractivity contribution in [2.75, 3.05) is 0 Å². The molecule has 0 radical (unpaired) electrons. The van der Waals surface area contributed by atoms with Gasteiger partial charge in [-0.25, -0.2) is 4.39 Å². The molecule has 0 aliphatic carbocycles. The van der Waals surface area contributed by atoms with E-state index in [0.29, 0.717) is 17.0 Å². The lowest BCUT2D eigenvalue weighted by atomic mass is 9.95. The van der Waals surface area contributed by atoms with Crippen molar-refractivity contribution in [3.63, 3.8) is 0 Å². The lowest BCUT2D eigenvalue weighted by Gasteiger charge is -2.11. The maximum absolute atomic E-state index is 14.1. The Morgan fingerprint density at radius 2 is 1.95 bits per heavy atom. The Balaban J connectivity index is 2.47. The first-order valence-electron chi connectivity index (χ1n) is 6.81. The van der Waals surface area contributed by atoms with Crippen molar-refractivity contribution in [1.82, 2.24) is 0 Å². The highest BCUT2D eigenvalue weighted by Crippen LogP contribution is 2.26. The molecule has 21 heavy (non-hydrogen) atoms. The predicted octanol–water partition coefficient (Wildman–Crippen LogP) is 5.71. The van der Waals surface area contributed by atoms with Crippen molar-refractivity contribution >= 4 is 29.0 Å². The predicted molar refractivity (Wildman–Crippen MR) is 84.9 cm³/mol. The van der Waals surface area contributed by atoms with Gasteiger partial charge in [-0.05, 0) is 42.7 Å². The fraction of sp³-hybridized carbons (Fsp3) is 0.235. The lowest BCUT2D eigenvalue weighted by Crippen LogP contribution is -2.09. The maximum Gasteiger partial charge on any atom is 0.197 e. The molecule has 0 unspecified atom stereocenters. The van der Waals surface area contributed by atoms with Crippen molar-refractivity contribution in [2.45, 2.75) is 26.2 Å². The van der Waals surface area contributed by atoms with Gasteiger partial charge in [0.2, 0.25) is 0 Å². The van der Waals surface area contributed by atoms with E-state index in [1.807, 2.05) is 0 Å². The van der Waals surface area contributed by atoms with Gasteiger partial charge in [-0.2, -0.15) is 0 Å². The number of ketones is 1. The minimum absolute atomic E-state index is 0.107. The van der Waals surface area contributed by atoms with Crippen LogP contribution in [-0.4, -0.2) is 5.78 Å². The Kier molecular flexibility index (Phi) is 5.38. The first-order valence-corrected chi connectivity index (χ1v) is 7.57. The zero-order valence-electron chi connectivity index (χ0n) is 11.6. The van der Waals surface area contributed by atoms with Crippen molar-refractivity contribution in [2.24, 2.45) is 0 Å². The molecule has 0 N–H and O–H groups in total. The zero-order valence-corrected chi connectivity index (χ0v) is 13.1. The van der Waals surface area contributed by atoms with Gasteiger partial charge in [0, 0.05) is 10.6 Å². The minimum atomic E-state index is -0.514. The summed E-state index contributed by atoms with van der Waals surface area (Å²) in [5, 5.41) is 0.675. The molecule has 2 aromatic rings. The van der Waals surface area contributed by atoms with Crippen LogP contribution in [0.2, 0.25) is 10.0 Å². The smallest absolute Gasteiger partial charge is 0.197 e. The SMILES string of the molecule is CCCCc1cccc(F)c1C(=O)c1ccc(Cl)cc1Cl. The molecule has 0 saturated carbocycles. The molecule has 2 rings (SSSR count).